The van der Waals surface area contributed by atoms with Crippen LogP contribution >= 0.6 is 0 Å². The highest BCUT2D eigenvalue weighted by molar-refractivity contribution is 6.19. The first-order valence-corrected chi connectivity index (χ1v) is 19.9. The molecular weight excluding hydrogens is 734 g/mol. The van der Waals surface area contributed by atoms with Gasteiger partial charge in [-0.25, -0.2) is 0 Å². The van der Waals surface area contributed by atoms with E-state index in [-0.39, 0.29) is 45.0 Å². The maximum absolute atomic E-state index is 14.6. The number of benzene rings is 1. The lowest BCUT2D eigenvalue weighted by atomic mass is 9.78. The number of nitrogens with one attached hydrogen (secondary N) is 1. The van der Waals surface area contributed by atoms with Gasteiger partial charge in [0, 0.05) is 87.1 Å². The molecule has 6 N–H and O–H groups in total. The number of rotatable bonds is 4. The van der Waals surface area contributed by atoms with Crippen molar-refractivity contribution >= 4 is 17.5 Å². The molecule has 0 saturated carbocycles. The number of piperazine rings is 1. The maximum Gasteiger partial charge on any atom is 0.312 e. The fourth-order valence-corrected chi connectivity index (χ4v) is 8.44. The first-order chi connectivity index (χ1) is 26.7. The molecule has 1 unspecified atom stereocenters. The Labute approximate surface area is 335 Å². The third kappa shape index (κ3) is 8.44. The van der Waals surface area contributed by atoms with Crippen LogP contribution in [-0.4, -0.2) is 123 Å². The van der Waals surface area contributed by atoms with Gasteiger partial charge in [-0.1, -0.05) is 59.8 Å². The molecule has 4 aliphatic heterocycles. The fraction of sp³-hybridized carbons (Fsp3) is 0.605. The molecule has 0 spiro atoms. The summed E-state index contributed by atoms with van der Waals surface area (Å²) in [6, 6.07) is 0. The first kappa shape index (κ1) is 44.1. The Morgan fingerprint density at radius 1 is 0.912 bits per heavy atom. The van der Waals surface area contributed by atoms with E-state index >= 15 is 0 Å². The summed E-state index contributed by atoms with van der Waals surface area (Å²) in [5.74, 6) is -6.65. The zero-order valence-corrected chi connectivity index (χ0v) is 34.8. The Hall–Kier alpha value is -4.05. The predicted molar refractivity (Wildman–Crippen MR) is 212 cm³/mol. The van der Waals surface area contributed by atoms with Gasteiger partial charge in [-0.2, -0.15) is 0 Å². The SMILES string of the molecule is CO[C@H]1/C=C/O[C@@]2(C)Oc3c(C)c(O)c4c(c3C2=O)C(O)C(N2CCN(CC(C)C)CC2)=C(NC(=O)/C(C)=C\C=C\[C@H](C)[C@H](O)[C@@H](C)[C@@H](O)[C@@H](C)[C@H](O)[C@@H]1C)C4=O. The summed E-state index contributed by atoms with van der Waals surface area (Å²) in [7, 11) is 1.45. The highest BCUT2D eigenvalue weighted by Gasteiger charge is 2.53. The van der Waals surface area contributed by atoms with Crippen molar-refractivity contribution in [3.05, 3.63) is 69.8 Å². The number of fused-ring (bicyclic) bond motifs is 14. The molecule has 1 aromatic carbocycles. The summed E-state index contributed by atoms with van der Waals surface area (Å²) >= 11 is 0. The van der Waals surface area contributed by atoms with Gasteiger partial charge in [0.1, 0.15) is 23.3 Å². The standard InChI is InChI=1S/C43H61N3O11/c1-21(2)20-45-15-17-46(18-16-45)33-32-38(51)30-29(39(33)52)31-40(27(8)37(30)50)57-43(9,41(31)53)56-19-14-28(55-10)24(5)35(48)26(7)36(49)25(6)34(47)22(3)12-11-13-23(4)42(54)44-32/h11-14,19,21-22,24-26,28,34-36,39,47-50,52H,15-18,20H2,1-10H3,(H,44,54)/b12-11+,19-14+,23-13-/t22-,24+,25+,26-,28-,34-,35+,36+,39?,43-/m0/s1. The molecule has 1 saturated heterocycles. The van der Waals surface area contributed by atoms with Crippen molar-refractivity contribution in [2.75, 3.05) is 39.8 Å². The van der Waals surface area contributed by atoms with Crippen LogP contribution in [0.15, 0.2) is 47.5 Å². The molecule has 0 radical (unpaired) electrons. The van der Waals surface area contributed by atoms with E-state index in [0.29, 0.717) is 32.1 Å². The average Bonchev–Trinajstić information content (AvgIpc) is 3.44. The molecule has 6 rings (SSSR count). The van der Waals surface area contributed by atoms with Crippen LogP contribution in [0.4, 0.5) is 0 Å². The zero-order chi connectivity index (χ0) is 42.3. The summed E-state index contributed by atoms with van der Waals surface area (Å²) in [4.78, 5) is 47.0. The van der Waals surface area contributed by atoms with Gasteiger partial charge in [0.25, 0.3) is 11.7 Å². The van der Waals surface area contributed by atoms with Crippen LogP contribution < -0.4 is 10.1 Å². The van der Waals surface area contributed by atoms with E-state index < -0.39 is 83.2 Å². The Kier molecular flexibility index (Phi) is 13.5. The fourth-order valence-electron chi connectivity index (χ4n) is 8.44. The maximum atomic E-state index is 14.6. The minimum atomic E-state index is -2.00. The first-order valence-electron chi connectivity index (χ1n) is 19.9. The molecule has 1 amide bonds. The monoisotopic (exact) mass is 795 g/mol. The van der Waals surface area contributed by atoms with Crippen molar-refractivity contribution in [2.24, 2.45) is 29.6 Å². The molecule has 4 heterocycles. The van der Waals surface area contributed by atoms with Crippen LogP contribution in [0, 0.1) is 36.5 Å². The number of aromatic hydroxyl groups is 1. The average molecular weight is 796 g/mol. The van der Waals surface area contributed by atoms with Crippen molar-refractivity contribution in [1.82, 2.24) is 15.1 Å². The van der Waals surface area contributed by atoms with Gasteiger partial charge in [-0.3, -0.25) is 19.3 Å². The van der Waals surface area contributed by atoms with Crippen molar-refractivity contribution in [2.45, 2.75) is 98.6 Å². The number of nitrogens with zero attached hydrogens (tertiary/aromatic N) is 2. The Balaban J connectivity index is 1.65. The number of allylic oxidation sites excluding steroid dienone is 3. The van der Waals surface area contributed by atoms with Crippen LogP contribution in [0.1, 0.15) is 93.3 Å². The van der Waals surface area contributed by atoms with Gasteiger partial charge in [0.05, 0.1) is 47.5 Å². The van der Waals surface area contributed by atoms with E-state index in [1.54, 1.807) is 46.8 Å². The third-order valence-corrected chi connectivity index (χ3v) is 12.2. The van der Waals surface area contributed by atoms with Crippen LogP contribution in [0.3, 0.4) is 0 Å². The molecule has 14 heteroatoms. The highest BCUT2D eigenvalue weighted by atomic mass is 16.7. The summed E-state index contributed by atoms with van der Waals surface area (Å²) in [6.07, 6.45) is 1.97. The quantitative estimate of drug-likeness (QED) is 0.259. The number of carbonyl (C=O) groups is 3. The number of phenolic OH excluding ortho intramolecular Hbond substituents is 1. The van der Waals surface area contributed by atoms with Gasteiger partial charge in [0.15, 0.2) is 0 Å². The normalized spacial score (nSPS) is 35.4. The van der Waals surface area contributed by atoms with Crippen LogP contribution in [0.2, 0.25) is 0 Å². The summed E-state index contributed by atoms with van der Waals surface area (Å²) < 4.78 is 17.8. The molecular formula is C43H61N3O11. The van der Waals surface area contributed by atoms with E-state index in [9.17, 15) is 39.9 Å². The van der Waals surface area contributed by atoms with E-state index in [1.165, 1.54) is 39.4 Å². The highest BCUT2D eigenvalue weighted by Crippen LogP contribution is 2.51. The Bertz CT molecular complexity index is 1840. The summed E-state index contributed by atoms with van der Waals surface area (Å²) in [5.41, 5.74) is -0.411. The molecule has 1 aromatic rings. The summed E-state index contributed by atoms with van der Waals surface area (Å²) in [5, 5.41) is 60.5. The number of ether oxygens (including phenoxy) is 3. The summed E-state index contributed by atoms with van der Waals surface area (Å²) in [6.45, 7) is 18.5. The molecule has 1 aliphatic carbocycles. The second-order valence-electron chi connectivity index (χ2n) is 16.8. The lowest BCUT2D eigenvalue weighted by Gasteiger charge is -2.41. The molecule has 14 nitrogen and oxygen atoms in total. The van der Waals surface area contributed by atoms with E-state index in [4.69, 9.17) is 14.2 Å². The van der Waals surface area contributed by atoms with Gasteiger partial charge in [0.2, 0.25) is 5.78 Å². The smallest absolute Gasteiger partial charge is 0.312 e. The number of aliphatic hydroxyl groups excluding tert-OH is 4. The molecule has 10 atom stereocenters. The number of carbonyl (C=O) groups excluding carboxylic acids is 3. The number of hydrogen-bond donors (Lipinski definition) is 6. The van der Waals surface area contributed by atoms with Crippen LogP contribution in [0.5, 0.6) is 11.5 Å². The number of Topliss-reactive ketones (excluding diaryl/α,β-unsaturated/α-hetero) is 2. The molecule has 5 bridgehead atoms. The topological polar surface area (TPSA) is 199 Å². The molecule has 5 aliphatic rings. The van der Waals surface area contributed by atoms with Crippen LogP contribution in [-0.2, 0) is 14.3 Å². The van der Waals surface area contributed by atoms with Crippen molar-refractivity contribution < 1.29 is 54.1 Å². The lowest BCUT2D eigenvalue weighted by molar-refractivity contribution is -0.116. The van der Waals surface area contributed by atoms with E-state index in [0.717, 1.165) is 6.54 Å². The Morgan fingerprint density at radius 3 is 2.14 bits per heavy atom. The number of phenols is 1. The van der Waals surface area contributed by atoms with Crippen LogP contribution in [0.25, 0.3) is 0 Å². The third-order valence-electron chi connectivity index (χ3n) is 12.2. The molecule has 314 valence electrons. The van der Waals surface area contributed by atoms with Gasteiger partial charge >= 0.3 is 5.79 Å². The molecule has 57 heavy (non-hydrogen) atoms. The predicted octanol–water partition coefficient (Wildman–Crippen LogP) is 3.51. The van der Waals surface area contributed by atoms with Crippen molar-refractivity contribution in [1.29, 1.82) is 0 Å². The lowest BCUT2D eigenvalue weighted by Crippen LogP contribution is -2.50. The number of ketones is 2. The van der Waals surface area contributed by atoms with E-state index in [2.05, 4.69) is 24.1 Å². The van der Waals surface area contributed by atoms with Gasteiger partial charge in [-0.05, 0) is 25.8 Å². The van der Waals surface area contributed by atoms with Crippen molar-refractivity contribution in [3.8, 4) is 11.5 Å². The number of amides is 1. The Morgan fingerprint density at radius 2 is 1.53 bits per heavy atom. The molecule has 0 aromatic heterocycles. The number of aliphatic hydroxyl groups is 4. The second kappa shape index (κ2) is 17.4. The second-order valence-corrected chi connectivity index (χ2v) is 16.8. The minimum absolute atomic E-state index is 0.0518. The zero-order valence-electron chi connectivity index (χ0n) is 34.8. The van der Waals surface area contributed by atoms with Crippen molar-refractivity contribution in [3.63, 3.8) is 0 Å². The number of hydrogen-bond acceptors (Lipinski definition) is 13. The minimum Gasteiger partial charge on any atom is -0.507 e. The van der Waals surface area contributed by atoms with Gasteiger partial charge in [-0.15, -0.1) is 0 Å². The van der Waals surface area contributed by atoms with E-state index in [1.807, 2.05) is 4.90 Å². The number of methoxy groups -OCH3 is 1. The largest absolute Gasteiger partial charge is 0.507 e. The molecule has 1 fully saturated rings. The van der Waals surface area contributed by atoms with Gasteiger partial charge < -0.3 is 50.0 Å².